The molecule has 8 N–H and O–H groups in total. The molecule has 0 saturated carbocycles. The minimum atomic E-state index is -4.20. The van der Waals surface area contributed by atoms with Crippen molar-refractivity contribution in [1.29, 1.82) is 0 Å². The molecule has 6 rings (SSSR count). The molecule has 10 nitrogen and oxygen atoms in total. The van der Waals surface area contributed by atoms with Crippen LogP contribution in [0.4, 0.5) is 22.7 Å². The van der Waals surface area contributed by atoms with E-state index >= 15 is 0 Å². The van der Waals surface area contributed by atoms with Crippen LogP contribution in [0, 0.1) is 0 Å². The van der Waals surface area contributed by atoms with Crippen LogP contribution >= 0.6 is 0 Å². The lowest BCUT2D eigenvalue weighted by Crippen LogP contribution is -2.18. The quantitative estimate of drug-likeness (QED) is 0.102. The second-order valence-corrected chi connectivity index (χ2v) is 12.9. The van der Waals surface area contributed by atoms with Crippen LogP contribution in [0.25, 0.3) is 0 Å². The maximum Gasteiger partial charge on any atom is 0.500 e. The highest BCUT2D eigenvalue weighted by Crippen LogP contribution is 2.35. The van der Waals surface area contributed by atoms with Gasteiger partial charge >= 0.3 is 10.4 Å². The predicted molar refractivity (Wildman–Crippen MR) is 199 cm³/mol. The third-order valence-electron chi connectivity index (χ3n) is 7.50. The van der Waals surface area contributed by atoms with Crippen LogP contribution in [-0.2, 0) is 15.8 Å². The Balaban J connectivity index is 0.000000219. The minimum Gasteiger partial charge on any atom is -0.457 e. The average Bonchev–Trinajstić information content (AvgIpc) is 3.08. The molecule has 0 amide bonds. The van der Waals surface area contributed by atoms with E-state index in [9.17, 15) is 8.42 Å². The van der Waals surface area contributed by atoms with Gasteiger partial charge in [0.1, 0.15) is 34.5 Å². The molecule has 11 heteroatoms. The zero-order chi connectivity index (χ0) is 35.7. The summed E-state index contributed by atoms with van der Waals surface area (Å²) in [5, 5.41) is 0. The van der Waals surface area contributed by atoms with Crippen molar-refractivity contribution >= 4 is 33.1 Å². The molecular formula is C39H38N4O6S. The van der Waals surface area contributed by atoms with E-state index in [1.807, 2.05) is 72.8 Å². The van der Waals surface area contributed by atoms with Crippen LogP contribution in [0.2, 0.25) is 0 Å². The molecule has 50 heavy (non-hydrogen) atoms. The predicted octanol–water partition coefficient (Wildman–Crippen LogP) is 8.32. The van der Waals surface area contributed by atoms with Gasteiger partial charge in [0.2, 0.25) is 0 Å². The Morgan fingerprint density at radius 2 is 0.760 bits per heavy atom. The van der Waals surface area contributed by atoms with E-state index in [0.717, 1.165) is 23.0 Å². The highest BCUT2D eigenvalue weighted by atomic mass is 32.3. The highest BCUT2D eigenvalue weighted by Gasteiger charge is 2.23. The molecule has 6 aromatic carbocycles. The van der Waals surface area contributed by atoms with Crippen molar-refractivity contribution in [3.8, 4) is 34.5 Å². The number of hydrogen-bond acceptors (Lipinski definition) is 10. The standard InChI is InChI=1S/C27H26N2O2.C12H12N2O4S/c1-27(2,19-9-13-23(14-10-19)30-25-7-3-5-21(28)17-25)20-11-15-24(16-12-20)31-26-8-4-6-22(29)18-26;13-9-1-5-11(6-2-9)17-19(15,16)18-12-7-3-10(14)4-8-12/h3-18H,28-29H2,1-2H3;1-8H,13-14H2. The first-order valence-corrected chi connectivity index (χ1v) is 16.8. The van der Waals surface area contributed by atoms with E-state index < -0.39 is 10.4 Å². The highest BCUT2D eigenvalue weighted by molar-refractivity contribution is 7.82. The Morgan fingerprint density at radius 1 is 0.420 bits per heavy atom. The number of benzene rings is 6. The van der Waals surface area contributed by atoms with E-state index in [1.165, 1.54) is 59.7 Å². The third kappa shape index (κ3) is 9.85. The molecule has 0 fully saturated rings. The first-order valence-electron chi connectivity index (χ1n) is 15.5. The Morgan fingerprint density at radius 3 is 1.10 bits per heavy atom. The van der Waals surface area contributed by atoms with E-state index in [0.29, 0.717) is 22.7 Å². The number of anilines is 4. The van der Waals surface area contributed by atoms with Crippen LogP contribution in [0.3, 0.4) is 0 Å². The van der Waals surface area contributed by atoms with E-state index in [-0.39, 0.29) is 16.9 Å². The fraction of sp³-hybridized carbons (Fsp3) is 0.0769. The lowest BCUT2D eigenvalue weighted by Gasteiger charge is -2.26. The fourth-order valence-corrected chi connectivity index (χ4v) is 5.50. The summed E-state index contributed by atoms with van der Waals surface area (Å²) < 4.78 is 44.6. The van der Waals surface area contributed by atoms with Crippen molar-refractivity contribution in [2.75, 3.05) is 22.9 Å². The minimum absolute atomic E-state index is 0.115. The van der Waals surface area contributed by atoms with Crippen LogP contribution in [0.1, 0.15) is 25.0 Å². The first kappa shape index (κ1) is 35.0. The molecule has 0 bridgehead atoms. The van der Waals surface area contributed by atoms with Gasteiger partial charge in [-0.15, -0.1) is 8.42 Å². The Labute approximate surface area is 292 Å². The molecule has 0 spiro atoms. The molecule has 0 saturated heterocycles. The molecule has 0 heterocycles. The van der Waals surface area contributed by atoms with Crippen LogP contribution in [-0.4, -0.2) is 8.42 Å². The van der Waals surface area contributed by atoms with Gasteiger partial charge in [0.05, 0.1) is 0 Å². The maximum absolute atomic E-state index is 11.6. The SMILES string of the molecule is CC(C)(c1ccc(Oc2cccc(N)c2)cc1)c1ccc(Oc2cccc(N)c2)cc1.Nc1ccc(OS(=O)(=O)Oc2ccc(N)cc2)cc1. The van der Waals surface area contributed by atoms with Crippen molar-refractivity contribution in [1.82, 2.24) is 0 Å². The van der Waals surface area contributed by atoms with Gasteiger partial charge in [0.15, 0.2) is 0 Å². The molecule has 0 aliphatic heterocycles. The largest absolute Gasteiger partial charge is 0.500 e. The van der Waals surface area contributed by atoms with E-state index in [4.69, 9.17) is 40.8 Å². The monoisotopic (exact) mass is 690 g/mol. The molecule has 0 aliphatic rings. The summed E-state index contributed by atoms with van der Waals surface area (Å²) in [7, 11) is -4.20. The fourth-order valence-electron chi connectivity index (χ4n) is 4.77. The second-order valence-electron chi connectivity index (χ2n) is 11.7. The zero-order valence-electron chi connectivity index (χ0n) is 27.5. The summed E-state index contributed by atoms with van der Waals surface area (Å²) >= 11 is 0. The van der Waals surface area contributed by atoms with Crippen molar-refractivity contribution in [2.24, 2.45) is 0 Å². The molecule has 256 valence electrons. The van der Waals surface area contributed by atoms with Gasteiger partial charge in [-0.1, -0.05) is 50.2 Å². The molecule has 6 aromatic rings. The van der Waals surface area contributed by atoms with Gasteiger partial charge in [-0.25, -0.2) is 0 Å². The zero-order valence-corrected chi connectivity index (χ0v) is 28.3. The smallest absolute Gasteiger partial charge is 0.457 e. The summed E-state index contributed by atoms with van der Waals surface area (Å²) in [4.78, 5) is 0. The maximum atomic E-state index is 11.6. The van der Waals surface area contributed by atoms with E-state index in [2.05, 4.69) is 38.1 Å². The van der Waals surface area contributed by atoms with Gasteiger partial charge in [-0.05, 0) is 108 Å². The molecular weight excluding hydrogens is 653 g/mol. The molecule has 0 unspecified atom stereocenters. The average molecular weight is 691 g/mol. The Hall–Kier alpha value is -6.33. The van der Waals surface area contributed by atoms with Crippen LogP contribution in [0.15, 0.2) is 146 Å². The van der Waals surface area contributed by atoms with Gasteiger partial charge in [-0.3, -0.25) is 0 Å². The normalized spacial score (nSPS) is 11.1. The molecule has 0 radical (unpaired) electrons. The molecule has 0 aliphatic carbocycles. The molecule has 0 aromatic heterocycles. The number of ether oxygens (including phenoxy) is 2. The van der Waals surface area contributed by atoms with Crippen molar-refractivity contribution in [3.63, 3.8) is 0 Å². The summed E-state index contributed by atoms with van der Waals surface area (Å²) in [5.41, 5.74) is 27.2. The summed E-state index contributed by atoms with van der Waals surface area (Å²) in [6.45, 7) is 4.41. The number of nitrogen functional groups attached to an aromatic ring is 4. The van der Waals surface area contributed by atoms with Crippen molar-refractivity contribution in [2.45, 2.75) is 19.3 Å². The van der Waals surface area contributed by atoms with Gasteiger partial charge < -0.3 is 40.8 Å². The second kappa shape index (κ2) is 15.3. The number of nitrogens with two attached hydrogens (primary N) is 4. The number of rotatable bonds is 10. The topological polar surface area (TPSA) is 175 Å². The Bertz CT molecular complexity index is 1970. The van der Waals surface area contributed by atoms with Crippen LogP contribution < -0.4 is 40.8 Å². The summed E-state index contributed by atoms with van der Waals surface area (Å²) in [6.07, 6.45) is 0. The van der Waals surface area contributed by atoms with Crippen LogP contribution in [0.5, 0.6) is 34.5 Å². The Kier molecular flexibility index (Phi) is 10.7. The van der Waals surface area contributed by atoms with Gasteiger partial charge in [0.25, 0.3) is 0 Å². The van der Waals surface area contributed by atoms with Crippen molar-refractivity contribution in [3.05, 3.63) is 157 Å². The summed E-state index contributed by atoms with van der Waals surface area (Å²) in [6, 6.07) is 43.0. The third-order valence-corrected chi connectivity index (χ3v) is 8.29. The summed E-state index contributed by atoms with van der Waals surface area (Å²) in [5.74, 6) is 3.23. The van der Waals surface area contributed by atoms with Crippen molar-refractivity contribution < 1.29 is 26.3 Å². The molecule has 0 atom stereocenters. The van der Waals surface area contributed by atoms with Gasteiger partial charge in [-0.2, -0.15) is 0 Å². The lowest BCUT2D eigenvalue weighted by atomic mass is 9.78. The first-order chi connectivity index (χ1) is 23.8. The number of hydrogen-bond donors (Lipinski definition) is 4. The lowest BCUT2D eigenvalue weighted by molar-refractivity contribution is 0.392. The van der Waals surface area contributed by atoms with Gasteiger partial charge in [0, 0.05) is 40.3 Å². The van der Waals surface area contributed by atoms with E-state index in [1.54, 1.807) is 0 Å².